The third-order valence-electron chi connectivity index (χ3n) is 0.995. The predicted molar refractivity (Wildman–Crippen MR) is 35.2 cm³/mol. The van der Waals surface area contributed by atoms with Crippen LogP contribution in [-0.2, 0) is 19.7 Å². The van der Waals surface area contributed by atoms with Crippen LogP contribution in [0.5, 0.6) is 0 Å². The molecule has 0 aliphatic heterocycles. The van der Waals surface area contributed by atoms with Crippen LogP contribution in [-0.4, -0.2) is 40.4 Å². The minimum absolute atomic E-state index is 1.16. The highest BCUT2D eigenvalue weighted by Gasteiger charge is 2.33. The molecule has 0 saturated carbocycles. The molecule has 0 aliphatic rings. The van der Waals surface area contributed by atoms with Crippen molar-refractivity contribution in [3.63, 3.8) is 0 Å². The van der Waals surface area contributed by atoms with E-state index in [2.05, 4.69) is 0 Å². The van der Waals surface area contributed by atoms with Crippen molar-refractivity contribution in [1.82, 2.24) is 0 Å². The highest BCUT2D eigenvalue weighted by Crippen LogP contribution is 2.04. The van der Waals surface area contributed by atoms with E-state index in [0.717, 1.165) is 0 Å². The molecule has 1 atom stereocenters. The topological polar surface area (TPSA) is 129 Å². The third kappa shape index (κ3) is 3.30. The fourth-order valence-corrected chi connectivity index (χ4v) is 1.09. The second-order valence-electron chi connectivity index (χ2n) is 1.94. The first-order chi connectivity index (χ1) is 5.25. The maximum Gasteiger partial charge on any atom is 0.325 e. The largest absolute Gasteiger partial charge is 0.481 e. The summed E-state index contributed by atoms with van der Waals surface area (Å²) in [6.07, 6.45) is -1.16. The molecule has 0 unspecified atom stereocenters. The van der Waals surface area contributed by atoms with Crippen molar-refractivity contribution >= 4 is 22.1 Å². The average molecular weight is 198 g/mol. The van der Waals surface area contributed by atoms with Crippen LogP contribution < -0.4 is 0 Å². The number of carbonyl (C=O) groups is 2. The first-order valence-electron chi connectivity index (χ1n) is 2.66. The van der Waals surface area contributed by atoms with E-state index in [9.17, 15) is 18.0 Å². The molecule has 0 spiro atoms. The van der Waals surface area contributed by atoms with Gasteiger partial charge in [-0.15, -0.1) is 0 Å². The molecule has 0 bridgehead atoms. The van der Waals surface area contributed by atoms with Gasteiger partial charge in [0.25, 0.3) is 10.1 Å². The van der Waals surface area contributed by atoms with Crippen molar-refractivity contribution in [3.05, 3.63) is 0 Å². The highest BCUT2D eigenvalue weighted by atomic mass is 32.2. The van der Waals surface area contributed by atoms with E-state index >= 15 is 0 Å². The molecule has 0 fully saturated rings. The zero-order valence-corrected chi connectivity index (χ0v) is 6.48. The van der Waals surface area contributed by atoms with Gasteiger partial charge >= 0.3 is 11.9 Å². The van der Waals surface area contributed by atoms with Crippen molar-refractivity contribution in [3.8, 4) is 0 Å². The molecule has 0 saturated heterocycles. The lowest BCUT2D eigenvalue weighted by Crippen LogP contribution is -2.31. The average Bonchev–Trinajstić information content (AvgIpc) is 1.79. The van der Waals surface area contributed by atoms with E-state index < -0.39 is 33.7 Å². The van der Waals surface area contributed by atoms with Gasteiger partial charge in [0, 0.05) is 0 Å². The Morgan fingerprint density at radius 1 is 1.25 bits per heavy atom. The molecule has 0 aromatic carbocycles. The number of rotatable bonds is 4. The van der Waals surface area contributed by atoms with Gasteiger partial charge in [-0.3, -0.25) is 14.1 Å². The van der Waals surface area contributed by atoms with Crippen molar-refractivity contribution in [2.45, 2.75) is 11.7 Å². The monoisotopic (exact) mass is 198 g/mol. The van der Waals surface area contributed by atoms with Gasteiger partial charge in [-0.05, 0) is 0 Å². The first-order valence-corrected chi connectivity index (χ1v) is 4.16. The van der Waals surface area contributed by atoms with Crippen LogP contribution >= 0.6 is 0 Å². The highest BCUT2D eigenvalue weighted by molar-refractivity contribution is 7.87. The number of carboxylic acid groups (broad SMARTS) is 2. The summed E-state index contributed by atoms with van der Waals surface area (Å²) in [5, 5.41) is 13.9. The molecule has 7 nitrogen and oxygen atoms in total. The van der Waals surface area contributed by atoms with E-state index in [0.29, 0.717) is 0 Å². The molecule has 0 aromatic rings. The summed E-state index contributed by atoms with van der Waals surface area (Å²) in [6, 6.07) is 0. The SMILES string of the molecule is O=C(O)C[C@@H](C(=O)O)S(=O)(=O)O. The molecule has 70 valence electrons. The minimum Gasteiger partial charge on any atom is -0.481 e. The summed E-state index contributed by atoms with van der Waals surface area (Å²) >= 11 is 0. The van der Waals surface area contributed by atoms with Crippen molar-refractivity contribution in [2.75, 3.05) is 0 Å². The van der Waals surface area contributed by atoms with Gasteiger partial charge in [0.2, 0.25) is 0 Å². The van der Waals surface area contributed by atoms with Crippen LogP contribution in [0.2, 0.25) is 0 Å². The van der Waals surface area contributed by atoms with Gasteiger partial charge in [0.1, 0.15) is 0 Å². The van der Waals surface area contributed by atoms with Crippen molar-refractivity contribution < 1.29 is 32.8 Å². The van der Waals surface area contributed by atoms with E-state index in [1.165, 1.54) is 0 Å². The molecule has 0 rings (SSSR count). The minimum atomic E-state index is -4.84. The Kier molecular flexibility index (Phi) is 3.16. The molecule has 12 heavy (non-hydrogen) atoms. The van der Waals surface area contributed by atoms with Gasteiger partial charge in [-0.1, -0.05) is 0 Å². The lowest BCUT2D eigenvalue weighted by atomic mass is 10.3. The lowest BCUT2D eigenvalue weighted by Gasteiger charge is -2.04. The third-order valence-corrected chi connectivity index (χ3v) is 2.08. The Balaban J connectivity index is 4.70. The summed E-state index contributed by atoms with van der Waals surface area (Å²) in [7, 11) is -4.84. The van der Waals surface area contributed by atoms with Gasteiger partial charge in [0.15, 0.2) is 5.25 Å². The predicted octanol–water partition coefficient (Wildman–Crippen LogP) is -1.20. The van der Waals surface area contributed by atoms with Crippen LogP contribution in [0.1, 0.15) is 6.42 Å². The molecular formula is C4H6O7S. The second-order valence-corrected chi connectivity index (χ2v) is 3.54. The van der Waals surface area contributed by atoms with Crippen LogP contribution in [0, 0.1) is 0 Å². The number of hydrogen-bond acceptors (Lipinski definition) is 4. The lowest BCUT2D eigenvalue weighted by molar-refractivity contribution is -0.143. The zero-order chi connectivity index (χ0) is 9.94. The maximum absolute atomic E-state index is 10.2. The smallest absolute Gasteiger partial charge is 0.325 e. The first kappa shape index (κ1) is 10.8. The molecule has 8 heteroatoms. The van der Waals surface area contributed by atoms with Gasteiger partial charge in [0.05, 0.1) is 6.42 Å². The quantitative estimate of drug-likeness (QED) is 0.484. The van der Waals surface area contributed by atoms with Gasteiger partial charge in [-0.25, -0.2) is 0 Å². The molecule has 0 amide bonds. The fourth-order valence-electron chi connectivity index (χ4n) is 0.479. The Hall–Kier alpha value is -1.15. The molecule has 0 radical (unpaired) electrons. The summed E-state index contributed by atoms with van der Waals surface area (Å²) in [6.45, 7) is 0. The van der Waals surface area contributed by atoms with E-state index in [-0.39, 0.29) is 0 Å². The van der Waals surface area contributed by atoms with Crippen LogP contribution in [0.25, 0.3) is 0 Å². The number of hydrogen-bond donors (Lipinski definition) is 3. The second kappa shape index (κ2) is 3.50. The van der Waals surface area contributed by atoms with Crippen LogP contribution in [0.3, 0.4) is 0 Å². The van der Waals surface area contributed by atoms with Gasteiger partial charge < -0.3 is 10.2 Å². The Bertz CT molecular complexity index is 289. The van der Waals surface area contributed by atoms with E-state index in [1.54, 1.807) is 0 Å². The van der Waals surface area contributed by atoms with E-state index in [1.807, 2.05) is 0 Å². The standard InChI is InChI=1S/C4H6O7S/c5-3(6)1-2(4(7)8)12(9,10)11/h2H,1H2,(H,5,6)(H,7,8)(H,9,10,11)/t2-/m0/s1. The van der Waals surface area contributed by atoms with Crippen LogP contribution in [0.4, 0.5) is 0 Å². The molecule has 0 aliphatic carbocycles. The Morgan fingerprint density at radius 2 is 1.67 bits per heavy atom. The maximum atomic E-state index is 10.2. The van der Waals surface area contributed by atoms with Gasteiger partial charge in [-0.2, -0.15) is 8.42 Å². The number of carboxylic acids is 2. The number of aliphatic carboxylic acids is 2. The molecular weight excluding hydrogens is 192 g/mol. The summed E-state index contributed by atoms with van der Waals surface area (Å²) in [5.74, 6) is -3.50. The molecule has 0 aromatic heterocycles. The Labute approximate surface area is 67.4 Å². The normalized spacial score (nSPS) is 13.8. The Morgan fingerprint density at radius 3 is 1.75 bits per heavy atom. The van der Waals surface area contributed by atoms with E-state index in [4.69, 9.17) is 14.8 Å². The summed E-state index contributed by atoms with van der Waals surface area (Å²) in [5.41, 5.74) is 0. The summed E-state index contributed by atoms with van der Waals surface area (Å²) in [4.78, 5) is 20.0. The molecule has 0 heterocycles. The molecule has 3 N–H and O–H groups in total. The summed E-state index contributed by atoms with van der Waals surface area (Å²) < 4.78 is 28.7. The van der Waals surface area contributed by atoms with Crippen LogP contribution in [0.15, 0.2) is 0 Å². The van der Waals surface area contributed by atoms with Crippen molar-refractivity contribution in [2.24, 2.45) is 0 Å². The fraction of sp³-hybridized carbons (Fsp3) is 0.500. The zero-order valence-electron chi connectivity index (χ0n) is 5.67. The van der Waals surface area contributed by atoms with Crippen molar-refractivity contribution in [1.29, 1.82) is 0 Å².